The van der Waals surface area contributed by atoms with Crippen LogP contribution in [0.3, 0.4) is 0 Å². The van der Waals surface area contributed by atoms with Gasteiger partial charge in [0.15, 0.2) is 0 Å². The number of nitrogens with zero attached hydrogens (tertiary/aromatic N) is 2. The predicted octanol–water partition coefficient (Wildman–Crippen LogP) is 2.06. The van der Waals surface area contributed by atoms with Crippen LogP contribution < -0.4 is 0 Å². The molecule has 0 amide bonds. The molecular formula is C10H8N2O3S. The Morgan fingerprint density at radius 1 is 1.31 bits per heavy atom. The van der Waals surface area contributed by atoms with Crippen LogP contribution >= 0.6 is 11.8 Å². The van der Waals surface area contributed by atoms with Gasteiger partial charge in [-0.25, -0.2) is 4.79 Å². The topological polar surface area (TPSA) is 76.2 Å². The number of benzene rings is 1. The maximum Gasteiger partial charge on any atom is 0.393 e. The SMILES string of the molecule is O=C(O)c1nnc(CSc2ccccc2)o1. The highest BCUT2D eigenvalue weighted by Crippen LogP contribution is 2.21. The molecule has 0 atom stereocenters. The molecule has 16 heavy (non-hydrogen) atoms. The number of carboxylic acid groups (broad SMARTS) is 1. The van der Waals surface area contributed by atoms with Gasteiger partial charge in [-0.2, -0.15) is 0 Å². The van der Waals surface area contributed by atoms with Crippen LogP contribution in [0.25, 0.3) is 0 Å². The Morgan fingerprint density at radius 3 is 2.69 bits per heavy atom. The summed E-state index contributed by atoms with van der Waals surface area (Å²) in [6.07, 6.45) is 0. The van der Waals surface area contributed by atoms with Crippen LogP contribution in [0, 0.1) is 0 Å². The summed E-state index contributed by atoms with van der Waals surface area (Å²) in [6, 6.07) is 9.70. The van der Waals surface area contributed by atoms with Gasteiger partial charge in [-0.15, -0.1) is 22.0 Å². The highest BCUT2D eigenvalue weighted by Gasteiger charge is 2.12. The van der Waals surface area contributed by atoms with Gasteiger partial charge in [0, 0.05) is 4.90 Å². The first-order chi connectivity index (χ1) is 7.75. The van der Waals surface area contributed by atoms with E-state index in [0.29, 0.717) is 11.6 Å². The molecular weight excluding hydrogens is 228 g/mol. The highest BCUT2D eigenvalue weighted by atomic mass is 32.2. The van der Waals surface area contributed by atoms with Crippen molar-refractivity contribution in [2.45, 2.75) is 10.6 Å². The molecule has 0 unspecified atom stereocenters. The molecule has 0 radical (unpaired) electrons. The van der Waals surface area contributed by atoms with Crippen molar-refractivity contribution in [3.05, 3.63) is 42.1 Å². The maximum absolute atomic E-state index is 10.5. The van der Waals surface area contributed by atoms with Gasteiger partial charge in [-0.3, -0.25) is 0 Å². The fourth-order valence-electron chi connectivity index (χ4n) is 1.06. The molecule has 1 heterocycles. The average Bonchev–Trinajstić information content (AvgIpc) is 2.76. The van der Waals surface area contributed by atoms with Crippen molar-refractivity contribution in [2.24, 2.45) is 0 Å². The summed E-state index contributed by atoms with van der Waals surface area (Å²) in [6.45, 7) is 0. The van der Waals surface area contributed by atoms with E-state index in [-0.39, 0.29) is 5.89 Å². The third kappa shape index (κ3) is 2.60. The van der Waals surface area contributed by atoms with Crippen LogP contribution in [-0.2, 0) is 5.75 Å². The molecule has 0 fully saturated rings. The molecule has 5 nitrogen and oxygen atoms in total. The van der Waals surface area contributed by atoms with E-state index in [9.17, 15) is 4.79 Å². The first-order valence-corrected chi connectivity index (χ1v) is 5.48. The predicted molar refractivity (Wildman–Crippen MR) is 57.3 cm³/mol. The molecule has 0 aliphatic rings. The maximum atomic E-state index is 10.5. The summed E-state index contributed by atoms with van der Waals surface area (Å²) in [5.41, 5.74) is 0. The molecule has 1 aromatic carbocycles. The van der Waals surface area contributed by atoms with E-state index < -0.39 is 5.97 Å². The number of hydrogen-bond donors (Lipinski definition) is 1. The number of hydrogen-bond acceptors (Lipinski definition) is 5. The first-order valence-electron chi connectivity index (χ1n) is 4.49. The van der Waals surface area contributed by atoms with Gasteiger partial charge in [0.05, 0.1) is 5.75 Å². The van der Waals surface area contributed by atoms with Gasteiger partial charge in [-0.1, -0.05) is 18.2 Å². The van der Waals surface area contributed by atoms with Crippen molar-refractivity contribution >= 4 is 17.7 Å². The van der Waals surface area contributed by atoms with Crippen molar-refractivity contribution in [3.63, 3.8) is 0 Å². The van der Waals surface area contributed by atoms with Gasteiger partial charge in [-0.05, 0) is 12.1 Å². The lowest BCUT2D eigenvalue weighted by atomic mass is 10.4. The molecule has 0 aliphatic carbocycles. The van der Waals surface area contributed by atoms with E-state index in [0.717, 1.165) is 4.90 Å². The second-order valence-electron chi connectivity index (χ2n) is 2.91. The number of carboxylic acids is 1. The lowest BCUT2D eigenvalue weighted by Crippen LogP contribution is -1.95. The van der Waals surface area contributed by atoms with Crippen LogP contribution in [0.5, 0.6) is 0 Å². The normalized spacial score (nSPS) is 10.2. The second-order valence-corrected chi connectivity index (χ2v) is 3.96. The third-order valence-corrected chi connectivity index (χ3v) is 2.75. The number of carbonyl (C=O) groups is 1. The smallest absolute Gasteiger partial charge is 0.393 e. The number of aromatic nitrogens is 2. The lowest BCUT2D eigenvalue weighted by molar-refractivity contribution is 0.0652. The summed E-state index contributed by atoms with van der Waals surface area (Å²) in [7, 11) is 0. The molecule has 0 saturated carbocycles. The third-order valence-electron chi connectivity index (χ3n) is 1.76. The van der Waals surface area contributed by atoms with Crippen molar-refractivity contribution in [3.8, 4) is 0 Å². The largest absolute Gasteiger partial charge is 0.474 e. The molecule has 0 bridgehead atoms. The molecule has 1 aromatic heterocycles. The zero-order chi connectivity index (χ0) is 11.4. The minimum Gasteiger partial charge on any atom is -0.474 e. The van der Waals surface area contributed by atoms with E-state index in [2.05, 4.69) is 10.2 Å². The van der Waals surface area contributed by atoms with E-state index in [1.165, 1.54) is 11.8 Å². The number of aromatic carboxylic acids is 1. The van der Waals surface area contributed by atoms with E-state index in [1.54, 1.807) is 0 Å². The molecule has 0 saturated heterocycles. The van der Waals surface area contributed by atoms with E-state index >= 15 is 0 Å². The van der Waals surface area contributed by atoms with Gasteiger partial charge < -0.3 is 9.52 Å². The Kier molecular flexibility index (Phi) is 3.21. The standard InChI is InChI=1S/C10H8N2O3S/c13-10(14)9-12-11-8(15-9)6-16-7-4-2-1-3-5-7/h1-5H,6H2,(H,13,14). The Hall–Kier alpha value is -1.82. The van der Waals surface area contributed by atoms with Crippen LogP contribution in [0.1, 0.15) is 16.6 Å². The summed E-state index contributed by atoms with van der Waals surface area (Å²) >= 11 is 1.51. The van der Waals surface area contributed by atoms with Gasteiger partial charge in [0.1, 0.15) is 0 Å². The number of rotatable bonds is 4. The highest BCUT2D eigenvalue weighted by molar-refractivity contribution is 7.98. The van der Waals surface area contributed by atoms with Crippen molar-refractivity contribution in [2.75, 3.05) is 0 Å². The molecule has 0 aliphatic heterocycles. The monoisotopic (exact) mass is 236 g/mol. The Balaban J connectivity index is 1.97. The minimum absolute atomic E-state index is 0.311. The van der Waals surface area contributed by atoms with Crippen molar-refractivity contribution in [1.29, 1.82) is 0 Å². The number of thioether (sulfide) groups is 1. The Morgan fingerprint density at radius 2 is 2.06 bits per heavy atom. The van der Waals surface area contributed by atoms with E-state index in [4.69, 9.17) is 9.52 Å². The van der Waals surface area contributed by atoms with Crippen LogP contribution in [0.2, 0.25) is 0 Å². The summed E-state index contributed by atoms with van der Waals surface area (Å²) < 4.78 is 4.92. The Bertz CT molecular complexity index is 484. The second kappa shape index (κ2) is 4.80. The fourth-order valence-corrected chi connectivity index (χ4v) is 1.82. The quantitative estimate of drug-likeness (QED) is 0.819. The van der Waals surface area contributed by atoms with Gasteiger partial charge >= 0.3 is 11.9 Å². The van der Waals surface area contributed by atoms with Crippen LogP contribution in [0.4, 0.5) is 0 Å². The van der Waals surface area contributed by atoms with E-state index in [1.807, 2.05) is 30.3 Å². The van der Waals surface area contributed by atoms with Crippen molar-refractivity contribution < 1.29 is 14.3 Å². The summed E-state index contributed by atoms with van der Waals surface area (Å²) in [4.78, 5) is 11.6. The molecule has 2 aromatic rings. The van der Waals surface area contributed by atoms with Crippen molar-refractivity contribution in [1.82, 2.24) is 10.2 Å². The Labute approximate surface area is 95.5 Å². The van der Waals surface area contributed by atoms with Crippen LogP contribution in [-0.4, -0.2) is 21.3 Å². The molecule has 6 heteroatoms. The summed E-state index contributed by atoms with van der Waals surface area (Å²) in [5, 5.41) is 15.6. The molecule has 82 valence electrons. The first kappa shape index (κ1) is 10.7. The molecule has 0 spiro atoms. The minimum atomic E-state index is -1.21. The van der Waals surface area contributed by atoms with Crippen LogP contribution in [0.15, 0.2) is 39.6 Å². The molecule has 1 N–H and O–H groups in total. The zero-order valence-corrected chi connectivity index (χ0v) is 8.98. The van der Waals surface area contributed by atoms with Gasteiger partial charge in [0.25, 0.3) is 0 Å². The lowest BCUT2D eigenvalue weighted by Gasteiger charge is -1.96. The summed E-state index contributed by atoms with van der Waals surface area (Å²) in [5.74, 6) is -0.803. The van der Waals surface area contributed by atoms with Gasteiger partial charge in [0.2, 0.25) is 5.89 Å². The average molecular weight is 236 g/mol. The molecule has 2 rings (SSSR count). The fraction of sp³-hybridized carbons (Fsp3) is 0.100. The zero-order valence-electron chi connectivity index (χ0n) is 8.16.